The number of unbranched alkanes of at least 4 members (excludes halogenated alkanes) is 6. The molecule has 1 rings (SSSR count). The van der Waals surface area contributed by atoms with Gasteiger partial charge in [0, 0.05) is 19.2 Å². The number of aromatic nitrogens is 1. The van der Waals surface area contributed by atoms with Crippen LogP contribution in [0, 0.1) is 0 Å². The van der Waals surface area contributed by atoms with Crippen molar-refractivity contribution in [1.29, 1.82) is 0 Å². The van der Waals surface area contributed by atoms with E-state index in [-0.39, 0.29) is 12.2 Å². The number of hydrogen-bond donors (Lipinski definition) is 3. The van der Waals surface area contributed by atoms with Crippen LogP contribution in [0.4, 0.5) is 5.82 Å². The summed E-state index contributed by atoms with van der Waals surface area (Å²) in [6.45, 7) is 0.809. The fraction of sp³-hybridized carbons (Fsp3) is 0.600. The molecule has 0 aliphatic rings. The van der Waals surface area contributed by atoms with E-state index in [1.807, 2.05) is 0 Å². The molecule has 0 aromatic carbocycles. The SMILES string of the molecule is O=C(O)CCCCCCCCCNc1ncccc1O. The Labute approximate surface area is 120 Å². The minimum Gasteiger partial charge on any atom is -0.504 e. The van der Waals surface area contributed by atoms with Gasteiger partial charge in [-0.2, -0.15) is 0 Å². The summed E-state index contributed by atoms with van der Waals surface area (Å²) in [4.78, 5) is 14.4. The van der Waals surface area contributed by atoms with Crippen LogP contribution < -0.4 is 5.32 Å². The zero-order valence-corrected chi connectivity index (χ0v) is 11.8. The summed E-state index contributed by atoms with van der Waals surface area (Å²) in [5.41, 5.74) is 0. The van der Waals surface area contributed by atoms with Gasteiger partial charge in [-0.1, -0.05) is 32.1 Å². The number of nitrogens with one attached hydrogen (secondary N) is 1. The summed E-state index contributed by atoms with van der Waals surface area (Å²) in [7, 11) is 0. The quantitative estimate of drug-likeness (QED) is 0.541. The molecule has 0 aliphatic heterocycles. The van der Waals surface area contributed by atoms with Gasteiger partial charge < -0.3 is 15.5 Å². The fourth-order valence-corrected chi connectivity index (χ4v) is 2.02. The van der Waals surface area contributed by atoms with E-state index >= 15 is 0 Å². The highest BCUT2D eigenvalue weighted by atomic mass is 16.4. The van der Waals surface area contributed by atoms with Gasteiger partial charge in [0.1, 0.15) is 0 Å². The van der Waals surface area contributed by atoms with Crippen molar-refractivity contribution in [1.82, 2.24) is 4.98 Å². The molecule has 0 aliphatic carbocycles. The molecule has 20 heavy (non-hydrogen) atoms. The molecule has 0 saturated heterocycles. The Bertz CT molecular complexity index is 396. The Hall–Kier alpha value is -1.78. The molecule has 1 aromatic heterocycles. The number of carbonyl (C=O) groups is 1. The minimum atomic E-state index is -0.700. The number of aromatic hydroxyl groups is 1. The van der Waals surface area contributed by atoms with Gasteiger partial charge in [0.2, 0.25) is 0 Å². The molecule has 0 unspecified atom stereocenters. The third-order valence-corrected chi connectivity index (χ3v) is 3.15. The maximum atomic E-state index is 10.3. The first-order chi connectivity index (χ1) is 9.70. The highest BCUT2D eigenvalue weighted by Crippen LogP contribution is 2.18. The normalized spacial score (nSPS) is 10.4. The van der Waals surface area contributed by atoms with Crippen molar-refractivity contribution in [2.24, 2.45) is 0 Å². The molecular formula is C15H24N2O3. The van der Waals surface area contributed by atoms with E-state index in [4.69, 9.17) is 5.11 Å². The van der Waals surface area contributed by atoms with Crippen molar-refractivity contribution < 1.29 is 15.0 Å². The second-order valence-electron chi connectivity index (χ2n) is 4.92. The largest absolute Gasteiger partial charge is 0.504 e. The van der Waals surface area contributed by atoms with Gasteiger partial charge in [0.05, 0.1) is 0 Å². The standard InChI is InChI=1S/C15H24N2O3/c18-13-9-8-12-17-15(13)16-11-7-5-3-1-2-4-6-10-14(19)20/h8-9,12,18H,1-7,10-11H2,(H,16,17)(H,19,20). The molecule has 0 atom stereocenters. The summed E-state index contributed by atoms with van der Waals surface area (Å²) in [6, 6.07) is 3.32. The van der Waals surface area contributed by atoms with Gasteiger partial charge in [-0.25, -0.2) is 4.98 Å². The van der Waals surface area contributed by atoms with E-state index in [0.29, 0.717) is 5.82 Å². The van der Waals surface area contributed by atoms with Gasteiger partial charge >= 0.3 is 5.97 Å². The van der Waals surface area contributed by atoms with Crippen LogP contribution in [0.2, 0.25) is 0 Å². The molecule has 1 aromatic rings. The molecule has 0 amide bonds. The molecule has 0 spiro atoms. The topological polar surface area (TPSA) is 82.5 Å². The number of carboxylic acids is 1. The van der Waals surface area contributed by atoms with Crippen LogP contribution in [0.25, 0.3) is 0 Å². The first-order valence-electron chi connectivity index (χ1n) is 7.30. The molecule has 5 heteroatoms. The van der Waals surface area contributed by atoms with E-state index in [1.165, 1.54) is 6.42 Å². The van der Waals surface area contributed by atoms with E-state index < -0.39 is 5.97 Å². The van der Waals surface area contributed by atoms with Crippen LogP contribution >= 0.6 is 0 Å². The Morgan fingerprint density at radius 2 is 1.75 bits per heavy atom. The van der Waals surface area contributed by atoms with E-state index in [9.17, 15) is 9.90 Å². The monoisotopic (exact) mass is 280 g/mol. The molecule has 0 radical (unpaired) electrons. The van der Waals surface area contributed by atoms with Gasteiger partial charge in [-0.3, -0.25) is 4.79 Å². The third-order valence-electron chi connectivity index (χ3n) is 3.15. The smallest absolute Gasteiger partial charge is 0.303 e. The van der Waals surface area contributed by atoms with Gasteiger partial charge in [0.15, 0.2) is 11.6 Å². The number of anilines is 1. The molecule has 0 bridgehead atoms. The highest BCUT2D eigenvalue weighted by Gasteiger charge is 1.99. The molecule has 0 saturated carbocycles. The van der Waals surface area contributed by atoms with Crippen LogP contribution in [0.3, 0.4) is 0 Å². The lowest BCUT2D eigenvalue weighted by atomic mass is 10.1. The lowest BCUT2D eigenvalue weighted by Crippen LogP contribution is -2.03. The third kappa shape index (κ3) is 7.61. The second kappa shape index (κ2) is 10.1. The van der Waals surface area contributed by atoms with E-state index in [0.717, 1.165) is 45.1 Å². The molecule has 5 nitrogen and oxygen atoms in total. The van der Waals surface area contributed by atoms with Crippen molar-refractivity contribution in [3.63, 3.8) is 0 Å². The van der Waals surface area contributed by atoms with Crippen LogP contribution in [0.15, 0.2) is 18.3 Å². The molecule has 112 valence electrons. The van der Waals surface area contributed by atoms with E-state index in [2.05, 4.69) is 10.3 Å². The van der Waals surface area contributed by atoms with Crippen LogP contribution in [-0.2, 0) is 4.79 Å². The zero-order valence-electron chi connectivity index (χ0n) is 11.8. The summed E-state index contributed by atoms with van der Waals surface area (Å²) >= 11 is 0. The predicted molar refractivity (Wildman–Crippen MR) is 79.0 cm³/mol. The maximum Gasteiger partial charge on any atom is 0.303 e. The molecule has 3 N–H and O–H groups in total. The first kappa shape index (κ1) is 16.3. The average Bonchev–Trinajstić information content (AvgIpc) is 2.42. The summed E-state index contributed by atoms with van der Waals surface area (Å²) in [5.74, 6) is 0.0287. The number of carboxylic acid groups (broad SMARTS) is 1. The predicted octanol–water partition coefficient (Wildman–Crippen LogP) is 3.40. The Balaban J connectivity index is 1.90. The zero-order chi connectivity index (χ0) is 14.6. The van der Waals surface area contributed by atoms with Gasteiger partial charge in [0.25, 0.3) is 0 Å². The van der Waals surface area contributed by atoms with Crippen molar-refractivity contribution in [3.05, 3.63) is 18.3 Å². The van der Waals surface area contributed by atoms with Crippen molar-refractivity contribution >= 4 is 11.8 Å². The summed E-state index contributed by atoms with van der Waals surface area (Å²) < 4.78 is 0. The van der Waals surface area contributed by atoms with Gasteiger partial charge in [-0.15, -0.1) is 0 Å². The Morgan fingerprint density at radius 3 is 2.40 bits per heavy atom. The first-order valence-corrected chi connectivity index (χ1v) is 7.30. The molecule has 1 heterocycles. The van der Waals surface area contributed by atoms with Crippen molar-refractivity contribution in [3.8, 4) is 5.75 Å². The van der Waals surface area contributed by atoms with Crippen molar-refractivity contribution in [2.75, 3.05) is 11.9 Å². The van der Waals surface area contributed by atoms with Crippen LogP contribution in [0.1, 0.15) is 51.4 Å². The molecular weight excluding hydrogens is 256 g/mol. The summed E-state index contributed by atoms with van der Waals surface area (Å²) in [5, 5.41) is 21.1. The van der Waals surface area contributed by atoms with Crippen LogP contribution in [0.5, 0.6) is 5.75 Å². The average molecular weight is 280 g/mol. The molecule has 0 fully saturated rings. The number of pyridine rings is 1. The van der Waals surface area contributed by atoms with E-state index in [1.54, 1.807) is 18.3 Å². The number of aliphatic carboxylic acids is 1. The Kier molecular flexibility index (Phi) is 8.19. The maximum absolute atomic E-state index is 10.3. The van der Waals surface area contributed by atoms with Crippen LogP contribution in [-0.4, -0.2) is 27.7 Å². The fourth-order valence-electron chi connectivity index (χ4n) is 2.02. The minimum absolute atomic E-state index is 0.186. The summed E-state index contributed by atoms with van der Waals surface area (Å²) in [6.07, 6.45) is 9.36. The lowest BCUT2D eigenvalue weighted by Gasteiger charge is -2.06. The Morgan fingerprint density at radius 1 is 1.10 bits per heavy atom. The second-order valence-corrected chi connectivity index (χ2v) is 4.92. The number of rotatable bonds is 11. The van der Waals surface area contributed by atoms with Crippen molar-refractivity contribution in [2.45, 2.75) is 51.4 Å². The number of hydrogen-bond acceptors (Lipinski definition) is 4. The lowest BCUT2D eigenvalue weighted by molar-refractivity contribution is -0.137. The highest BCUT2D eigenvalue weighted by molar-refractivity contribution is 5.66. The number of nitrogens with zero attached hydrogens (tertiary/aromatic N) is 1. The van der Waals surface area contributed by atoms with Gasteiger partial charge in [-0.05, 0) is 25.0 Å².